The molecule has 0 spiro atoms. The van der Waals surface area contributed by atoms with Crippen molar-refractivity contribution in [2.45, 2.75) is 45.3 Å². The van der Waals surface area contributed by atoms with Gasteiger partial charge in [-0.3, -0.25) is 4.79 Å². The van der Waals surface area contributed by atoms with Gasteiger partial charge in [-0.15, -0.1) is 0 Å². The highest BCUT2D eigenvalue weighted by molar-refractivity contribution is 5.84. The fraction of sp³-hybridized carbons (Fsp3) is 0.846. The first-order chi connectivity index (χ1) is 9.54. The topological polar surface area (TPSA) is 75.6 Å². The number of carboxylic acids is 1. The van der Waals surface area contributed by atoms with Gasteiger partial charge in [-0.25, -0.2) is 4.79 Å². The number of carbonyl (C=O) groups is 2. The summed E-state index contributed by atoms with van der Waals surface area (Å²) in [7, 11) is 0. The third kappa shape index (κ3) is 4.87. The molecule has 0 saturated carbocycles. The van der Waals surface area contributed by atoms with Crippen LogP contribution in [-0.2, 0) is 14.3 Å². The zero-order valence-electron chi connectivity index (χ0n) is 12.0. The summed E-state index contributed by atoms with van der Waals surface area (Å²) in [4.78, 5) is 23.0. The Morgan fingerprint density at radius 2 is 2.00 bits per heavy atom. The second-order valence-corrected chi connectivity index (χ2v) is 5.92. The fourth-order valence-corrected chi connectivity index (χ4v) is 2.14. The minimum atomic E-state index is -4.53. The highest BCUT2D eigenvalue weighted by Crippen LogP contribution is 2.40. The third-order valence-corrected chi connectivity index (χ3v) is 3.62. The Labute approximate surface area is 120 Å². The lowest BCUT2D eigenvalue weighted by Gasteiger charge is -2.30. The SMILES string of the molecule is CC(C)(CC(=O)NC(C(=O)O)C1CCCOC1)C(F)(F)F. The molecule has 2 atom stereocenters. The van der Waals surface area contributed by atoms with Crippen molar-refractivity contribution in [1.82, 2.24) is 5.32 Å². The number of ether oxygens (including phenoxy) is 1. The molecule has 0 radical (unpaired) electrons. The van der Waals surface area contributed by atoms with E-state index in [2.05, 4.69) is 5.32 Å². The van der Waals surface area contributed by atoms with Crippen LogP contribution >= 0.6 is 0 Å². The molecule has 1 aliphatic rings. The monoisotopic (exact) mass is 311 g/mol. The Bertz CT molecular complexity index is 389. The molecule has 1 amide bonds. The van der Waals surface area contributed by atoms with Gasteiger partial charge in [0.05, 0.1) is 12.0 Å². The summed E-state index contributed by atoms with van der Waals surface area (Å²) in [5.74, 6) is -2.60. The summed E-state index contributed by atoms with van der Waals surface area (Å²) in [6.07, 6.45) is -4.12. The zero-order chi connectivity index (χ0) is 16.3. The molecule has 1 fully saturated rings. The number of carbonyl (C=O) groups excluding carboxylic acids is 1. The average Bonchev–Trinajstić information content (AvgIpc) is 2.34. The van der Waals surface area contributed by atoms with Gasteiger partial charge in [0.15, 0.2) is 0 Å². The van der Waals surface area contributed by atoms with E-state index >= 15 is 0 Å². The van der Waals surface area contributed by atoms with Crippen LogP contribution in [0, 0.1) is 11.3 Å². The molecule has 122 valence electrons. The van der Waals surface area contributed by atoms with Gasteiger partial charge in [-0.1, -0.05) is 13.8 Å². The Kier molecular flexibility index (Phi) is 5.61. The standard InChI is InChI=1S/C13H20F3NO4/c1-12(2,13(14,15)16)6-9(18)17-10(11(19)20)8-4-3-5-21-7-8/h8,10H,3-7H2,1-2H3,(H,17,18)(H,19,20). The van der Waals surface area contributed by atoms with Crippen molar-refractivity contribution < 1.29 is 32.6 Å². The minimum absolute atomic E-state index is 0.180. The molecule has 8 heteroatoms. The largest absolute Gasteiger partial charge is 0.480 e. The van der Waals surface area contributed by atoms with Crippen molar-refractivity contribution in [2.75, 3.05) is 13.2 Å². The molecule has 2 N–H and O–H groups in total. The van der Waals surface area contributed by atoms with Crippen LogP contribution in [0.1, 0.15) is 33.1 Å². The summed E-state index contributed by atoms with van der Waals surface area (Å²) in [6.45, 7) is 2.52. The van der Waals surface area contributed by atoms with Gasteiger partial charge >= 0.3 is 12.1 Å². The molecule has 1 rings (SSSR count). The Balaban J connectivity index is 2.67. The maximum absolute atomic E-state index is 12.7. The van der Waals surface area contributed by atoms with E-state index < -0.39 is 41.8 Å². The van der Waals surface area contributed by atoms with Gasteiger partial charge in [0, 0.05) is 18.9 Å². The van der Waals surface area contributed by atoms with Crippen molar-refractivity contribution in [3.8, 4) is 0 Å². The molecule has 0 aliphatic carbocycles. The van der Waals surface area contributed by atoms with E-state index in [0.29, 0.717) is 19.4 Å². The molecular weight excluding hydrogens is 291 g/mol. The van der Waals surface area contributed by atoms with Crippen molar-refractivity contribution in [3.63, 3.8) is 0 Å². The molecule has 0 aromatic carbocycles. The predicted molar refractivity (Wildman–Crippen MR) is 67.6 cm³/mol. The molecule has 1 saturated heterocycles. The van der Waals surface area contributed by atoms with E-state index in [1.54, 1.807) is 0 Å². The summed E-state index contributed by atoms with van der Waals surface area (Å²) >= 11 is 0. The number of halogens is 3. The summed E-state index contributed by atoms with van der Waals surface area (Å²) in [5, 5.41) is 11.3. The zero-order valence-corrected chi connectivity index (χ0v) is 12.0. The van der Waals surface area contributed by atoms with Gasteiger partial charge in [0.1, 0.15) is 6.04 Å². The van der Waals surface area contributed by atoms with Gasteiger partial charge < -0.3 is 15.2 Å². The van der Waals surface area contributed by atoms with Crippen LogP contribution in [0.25, 0.3) is 0 Å². The smallest absolute Gasteiger partial charge is 0.394 e. The van der Waals surface area contributed by atoms with E-state index in [4.69, 9.17) is 9.84 Å². The molecule has 1 heterocycles. The summed E-state index contributed by atoms with van der Waals surface area (Å²) < 4.78 is 43.3. The van der Waals surface area contributed by atoms with E-state index in [1.165, 1.54) is 0 Å². The number of nitrogens with one attached hydrogen (secondary N) is 1. The molecule has 21 heavy (non-hydrogen) atoms. The van der Waals surface area contributed by atoms with Crippen LogP contribution in [0.3, 0.4) is 0 Å². The molecule has 2 unspecified atom stereocenters. The Morgan fingerprint density at radius 1 is 1.38 bits per heavy atom. The molecular formula is C13H20F3NO4. The minimum Gasteiger partial charge on any atom is -0.480 e. The molecule has 0 aromatic heterocycles. The fourth-order valence-electron chi connectivity index (χ4n) is 2.14. The highest BCUT2D eigenvalue weighted by Gasteiger charge is 2.48. The first-order valence-electron chi connectivity index (χ1n) is 6.71. The maximum atomic E-state index is 12.7. The quantitative estimate of drug-likeness (QED) is 0.814. The highest BCUT2D eigenvalue weighted by atomic mass is 19.4. The van der Waals surface area contributed by atoms with E-state index in [0.717, 1.165) is 13.8 Å². The number of alkyl halides is 3. The van der Waals surface area contributed by atoms with Crippen molar-refractivity contribution in [2.24, 2.45) is 11.3 Å². The first-order valence-corrected chi connectivity index (χ1v) is 6.71. The van der Waals surface area contributed by atoms with Crippen LogP contribution in [0.15, 0.2) is 0 Å². The maximum Gasteiger partial charge on any atom is 0.394 e. The van der Waals surface area contributed by atoms with Crippen LogP contribution in [0.5, 0.6) is 0 Å². The third-order valence-electron chi connectivity index (χ3n) is 3.62. The number of rotatable bonds is 5. The summed E-state index contributed by atoms with van der Waals surface area (Å²) in [6, 6.07) is -1.22. The average molecular weight is 311 g/mol. The lowest BCUT2D eigenvalue weighted by atomic mass is 9.87. The lowest BCUT2D eigenvalue weighted by Crippen LogP contribution is -2.50. The number of hydrogen-bond acceptors (Lipinski definition) is 3. The van der Waals surface area contributed by atoms with Crippen LogP contribution in [-0.4, -0.2) is 42.4 Å². The number of carboxylic acid groups (broad SMARTS) is 1. The summed E-state index contributed by atoms with van der Waals surface area (Å²) in [5.41, 5.74) is -2.21. The van der Waals surface area contributed by atoms with Crippen molar-refractivity contribution >= 4 is 11.9 Å². The van der Waals surface area contributed by atoms with Gasteiger partial charge in [0.25, 0.3) is 0 Å². The van der Waals surface area contributed by atoms with Crippen molar-refractivity contribution in [1.29, 1.82) is 0 Å². The van der Waals surface area contributed by atoms with Gasteiger partial charge in [-0.05, 0) is 12.8 Å². The Morgan fingerprint density at radius 3 is 2.43 bits per heavy atom. The number of amides is 1. The van der Waals surface area contributed by atoms with E-state index in [1.807, 2.05) is 0 Å². The van der Waals surface area contributed by atoms with E-state index in [-0.39, 0.29) is 6.61 Å². The van der Waals surface area contributed by atoms with Gasteiger partial charge in [-0.2, -0.15) is 13.2 Å². The Hall–Kier alpha value is -1.31. The normalized spacial score (nSPS) is 21.7. The predicted octanol–water partition coefficient (Wildman–Crippen LogP) is 1.96. The molecule has 1 aliphatic heterocycles. The lowest BCUT2D eigenvalue weighted by molar-refractivity contribution is -0.214. The van der Waals surface area contributed by atoms with E-state index in [9.17, 15) is 22.8 Å². The second kappa shape index (κ2) is 6.64. The van der Waals surface area contributed by atoms with Crippen LogP contribution in [0.4, 0.5) is 13.2 Å². The second-order valence-electron chi connectivity index (χ2n) is 5.92. The molecule has 5 nitrogen and oxygen atoms in total. The van der Waals surface area contributed by atoms with Crippen LogP contribution < -0.4 is 5.32 Å². The first kappa shape index (κ1) is 17.7. The molecule has 0 bridgehead atoms. The van der Waals surface area contributed by atoms with Crippen LogP contribution in [0.2, 0.25) is 0 Å². The number of aliphatic carboxylic acids is 1. The number of hydrogen-bond donors (Lipinski definition) is 2. The molecule has 0 aromatic rings. The van der Waals surface area contributed by atoms with Crippen molar-refractivity contribution in [3.05, 3.63) is 0 Å². The van der Waals surface area contributed by atoms with Gasteiger partial charge in [0.2, 0.25) is 5.91 Å².